The maximum Gasteiger partial charge on any atom is 0.246 e. The van der Waals surface area contributed by atoms with E-state index in [4.69, 9.17) is 9.47 Å². The van der Waals surface area contributed by atoms with Gasteiger partial charge in [0, 0.05) is 0 Å². The second-order valence-electron chi connectivity index (χ2n) is 5.28. The Morgan fingerprint density at radius 2 is 1.80 bits per heavy atom. The van der Waals surface area contributed by atoms with Gasteiger partial charge in [0.1, 0.15) is 19.0 Å². The molecular formula is C16H25NO3. The lowest BCUT2D eigenvalue weighted by Gasteiger charge is -2.10. The SMILES string of the molecule is CC(C)OCC(=O)NCCOc1ccc(C(C)C)cc1. The Hall–Kier alpha value is -1.55. The molecule has 0 fully saturated rings. The molecule has 1 aromatic rings. The van der Waals surface area contributed by atoms with Crippen molar-refractivity contribution in [3.05, 3.63) is 29.8 Å². The monoisotopic (exact) mass is 279 g/mol. The predicted octanol–water partition coefficient (Wildman–Crippen LogP) is 2.73. The van der Waals surface area contributed by atoms with Gasteiger partial charge in [-0.25, -0.2) is 0 Å². The van der Waals surface area contributed by atoms with Gasteiger partial charge in [-0.05, 0) is 37.5 Å². The molecule has 0 saturated heterocycles. The summed E-state index contributed by atoms with van der Waals surface area (Å²) in [5.74, 6) is 1.23. The first-order chi connectivity index (χ1) is 9.49. The third-order valence-electron chi connectivity index (χ3n) is 2.79. The highest BCUT2D eigenvalue weighted by Gasteiger charge is 2.03. The van der Waals surface area contributed by atoms with Crippen LogP contribution in [0.1, 0.15) is 39.2 Å². The van der Waals surface area contributed by atoms with Gasteiger partial charge < -0.3 is 14.8 Å². The fourth-order valence-corrected chi connectivity index (χ4v) is 1.60. The molecule has 1 rings (SSSR count). The van der Waals surface area contributed by atoms with Gasteiger partial charge in [0.2, 0.25) is 5.91 Å². The average molecular weight is 279 g/mol. The average Bonchev–Trinajstić information content (AvgIpc) is 2.42. The van der Waals surface area contributed by atoms with Gasteiger partial charge in [-0.2, -0.15) is 0 Å². The van der Waals surface area contributed by atoms with E-state index < -0.39 is 0 Å². The van der Waals surface area contributed by atoms with Gasteiger partial charge in [0.05, 0.1) is 12.6 Å². The van der Waals surface area contributed by atoms with E-state index in [2.05, 4.69) is 31.3 Å². The lowest BCUT2D eigenvalue weighted by atomic mass is 10.0. The topological polar surface area (TPSA) is 47.6 Å². The van der Waals surface area contributed by atoms with E-state index >= 15 is 0 Å². The first-order valence-electron chi connectivity index (χ1n) is 7.10. The molecule has 0 bridgehead atoms. The van der Waals surface area contributed by atoms with Crippen LogP contribution in [0.3, 0.4) is 0 Å². The van der Waals surface area contributed by atoms with Crippen LogP contribution in [0.2, 0.25) is 0 Å². The molecule has 0 unspecified atom stereocenters. The third kappa shape index (κ3) is 6.57. The number of hydrogen-bond acceptors (Lipinski definition) is 3. The van der Waals surface area contributed by atoms with Crippen molar-refractivity contribution >= 4 is 5.91 Å². The lowest BCUT2D eigenvalue weighted by molar-refractivity contribution is -0.127. The zero-order valence-corrected chi connectivity index (χ0v) is 12.8. The van der Waals surface area contributed by atoms with Crippen LogP contribution in [0, 0.1) is 0 Å². The second kappa shape index (κ2) is 8.59. The minimum atomic E-state index is -0.113. The van der Waals surface area contributed by atoms with Crippen molar-refractivity contribution in [3.63, 3.8) is 0 Å². The van der Waals surface area contributed by atoms with Crippen LogP contribution < -0.4 is 10.1 Å². The van der Waals surface area contributed by atoms with Crippen LogP contribution in [-0.4, -0.2) is 31.8 Å². The molecule has 20 heavy (non-hydrogen) atoms. The smallest absolute Gasteiger partial charge is 0.246 e. The number of carbonyl (C=O) groups is 1. The molecule has 0 aromatic heterocycles. The van der Waals surface area contributed by atoms with Crippen molar-refractivity contribution in [2.75, 3.05) is 19.8 Å². The Bertz CT molecular complexity index is 399. The summed E-state index contributed by atoms with van der Waals surface area (Å²) in [6.07, 6.45) is 0.0662. The van der Waals surface area contributed by atoms with Crippen molar-refractivity contribution in [1.82, 2.24) is 5.32 Å². The number of amides is 1. The van der Waals surface area contributed by atoms with E-state index in [0.29, 0.717) is 19.1 Å². The fraction of sp³-hybridized carbons (Fsp3) is 0.562. The zero-order chi connectivity index (χ0) is 15.0. The minimum Gasteiger partial charge on any atom is -0.492 e. The molecule has 0 saturated carbocycles. The standard InChI is InChI=1S/C16H25NO3/c1-12(2)14-5-7-15(8-6-14)19-10-9-17-16(18)11-20-13(3)4/h5-8,12-13H,9-11H2,1-4H3,(H,17,18). The lowest BCUT2D eigenvalue weighted by Crippen LogP contribution is -2.32. The Labute approximate surface area is 121 Å². The third-order valence-corrected chi connectivity index (χ3v) is 2.79. The quantitative estimate of drug-likeness (QED) is 0.744. The molecule has 0 radical (unpaired) electrons. The van der Waals surface area contributed by atoms with Crippen molar-refractivity contribution in [1.29, 1.82) is 0 Å². The first kappa shape index (κ1) is 16.5. The van der Waals surface area contributed by atoms with E-state index in [1.165, 1.54) is 5.56 Å². The molecule has 0 spiro atoms. The van der Waals surface area contributed by atoms with Crippen molar-refractivity contribution < 1.29 is 14.3 Å². The van der Waals surface area contributed by atoms with Crippen LogP contribution in [0.4, 0.5) is 0 Å². The highest BCUT2D eigenvalue weighted by atomic mass is 16.5. The minimum absolute atomic E-state index is 0.0662. The van der Waals surface area contributed by atoms with E-state index in [1.54, 1.807) is 0 Å². The number of ether oxygens (including phenoxy) is 2. The van der Waals surface area contributed by atoms with Gasteiger partial charge in [-0.1, -0.05) is 26.0 Å². The van der Waals surface area contributed by atoms with Gasteiger partial charge in [-0.15, -0.1) is 0 Å². The Balaban J connectivity index is 2.19. The van der Waals surface area contributed by atoms with Crippen molar-refractivity contribution in [2.24, 2.45) is 0 Å². The molecule has 0 atom stereocenters. The van der Waals surface area contributed by atoms with Crippen molar-refractivity contribution in [3.8, 4) is 5.75 Å². The molecular weight excluding hydrogens is 254 g/mol. The largest absolute Gasteiger partial charge is 0.492 e. The number of rotatable bonds is 8. The van der Waals surface area contributed by atoms with E-state index in [9.17, 15) is 4.79 Å². The molecule has 1 N–H and O–H groups in total. The van der Waals surface area contributed by atoms with Gasteiger partial charge in [0.15, 0.2) is 0 Å². The number of hydrogen-bond donors (Lipinski definition) is 1. The Kier molecular flexibility index (Phi) is 7.09. The molecule has 4 heteroatoms. The maximum atomic E-state index is 11.4. The summed E-state index contributed by atoms with van der Waals surface area (Å²) in [7, 11) is 0. The summed E-state index contributed by atoms with van der Waals surface area (Å²) < 4.78 is 10.8. The Morgan fingerprint density at radius 3 is 2.35 bits per heavy atom. The maximum absolute atomic E-state index is 11.4. The number of carbonyl (C=O) groups excluding carboxylic acids is 1. The van der Waals surface area contributed by atoms with Crippen molar-refractivity contribution in [2.45, 2.75) is 39.7 Å². The number of benzene rings is 1. The van der Waals surface area contributed by atoms with Gasteiger partial charge >= 0.3 is 0 Å². The summed E-state index contributed by atoms with van der Waals surface area (Å²) in [4.78, 5) is 11.4. The molecule has 1 amide bonds. The summed E-state index contributed by atoms with van der Waals surface area (Å²) in [6.45, 7) is 9.14. The summed E-state index contributed by atoms with van der Waals surface area (Å²) in [6, 6.07) is 8.04. The van der Waals surface area contributed by atoms with Crippen LogP contribution in [0.15, 0.2) is 24.3 Å². The summed E-state index contributed by atoms with van der Waals surface area (Å²) in [5, 5.41) is 2.75. The van der Waals surface area contributed by atoms with Crippen LogP contribution in [0.25, 0.3) is 0 Å². The first-order valence-corrected chi connectivity index (χ1v) is 7.10. The van der Waals surface area contributed by atoms with Crippen LogP contribution >= 0.6 is 0 Å². The highest BCUT2D eigenvalue weighted by molar-refractivity contribution is 5.77. The molecule has 112 valence electrons. The van der Waals surface area contributed by atoms with E-state index in [1.807, 2.05) is 26.0 Å². The van der Waals surface area contributed by atoms with Crippen LogP contribution in [-0.2, 0) is 9.53 Å². The molecule has 4 nitrogen and oxygen atoms in total. The van der Waals surface area contributed by atoms with Gasteiger partial charge in [0.25, 0.3) is 0 Å². The fourth-order valence-electron chi connectivity index (χ4n) is 1.60. The highest BCUT2D eigenvalue weighted by Crippen LogP contribution is 2.18. The number of nitrogens with one attached hydrogen (secondary N) is 1. The van der Waals surface area contributed by atoms with E-state index in [0.717, 1.165) is 5.75 Å². The summed E-state index contributed by atoms with van der Waals surface area (Å²) in [5.41, 5.74) is 1.29. The zero-order valence-electron chi connectivity index (χ0n) is 12.8. The molecule has 1 aromatic carbocycles. The molecule has 0 heterocycles. The van der Waals surface area contributed by atoms with Gasteiger partial charge in [-0.3, -0.25) is 4.79 Å². The predicted molar refractivity (Wildman–Crippen MR) is 80.1 cm³/mol. The molecule has 0 aliphatic carbocycles. The molecule has 0 aliphatic rings. The van der Waals surface area contributed by atoms with Crippen LogP contribution in [0.5, 0.6) is 5.75 Å². The molecule has 0 aliphatic heterocycles. The Morgan fingerprint density at radius 1 is 1.15 bits per heavy atom. The summed E-state index contributed by atoms with van der Waals surface area (Å²) >= 11 is 0. The second-order valence-corrected chi connectivity index (χ2v) is 5.28. The normalized spacial score (nSPS) is 10.9. The van der Waals surface area contributed by atoms with E-state index in [-0.39, 0.29) is 18.6 Å².